The molecule has 1 saturated heterocycles. The number of carboxylic acids is 1. The van der Waals surface area contributed by atoms with Crippen LogP contribution < -0.4 is 0 Å². The van der Waals surface area contributed by atoms with Gasteiger partial charge < -0.3 is 14.7 Å². The predicted octanol–water partition coefficient (Wildman–Crippen LogP) is 1.88. The molecule has 0 bridgehead atoms. The molecule has 1 N–H and O–H groups in total. The van der Waals surface area contributed by atoms with Crippen LogP contribution in [0.2, 0.25) is 0 Å². The van der Waals surface area contributed by atoms with Crippen molar-refractivity contribution in [3.8, 4) is 0 Å². The number of aromatic nitrogens is 3. The molecule has 3 rings (SSSR count). The Balaban J connectivity index is 1.91. The second-order valence-electron chi connectivity index (χ2n) is 7.21. The van der Waals surface area contributed by atoms with E-state index >= 15 is 0 Å². The molecule has 8 heteroatoms. The molecule has 1 aliphatic heterocycles. The van der Waals surface area contributed by atoms with Crippen molar-refractivity contribution >= 4 is 22.9 Å². The third kappa shape index (κ3) is 2.94. The molecule has 26 heavy (non-hydrogen) atoms. The minimum Gasteiger partial charge on any atom is -0.481 e. The number of likely N-dealkylation sites (tertiary alicyclic amines) is 1. The number of pyridine rings is 1. The number of aryl methyl sites for hydroxylation is 1. The molecular formula is C18H24N4O4. The van der Waals surface area contributed by atoms with Gasteiger partial charge in [-0.25, -0.2) is 9.67 Å². The van der Waals surface area contributed by atoms with Crippen molar-refractivity contribution in [2.45, 2.75) is 33.2 Å². The average Bonchev–Trinajstić information content (AvgIpc) is 3.18. The Hall–Kier alpha value is -2.48. The first-order valence-electron chi connectivity index (χ1n) is 8.65. The van der Waals surface area contributed by atoms with Gasteiger partial charge in [0.1, 0.15) is 5.41 Å². The van der Waals surface area contributed by atoms with Gasteiger partial charge in [0.05, 0.1) is 24.1 Å². The number of aliphatic carboxylic acids is 1. The summed E-state index contributed by atoms with van der Waals surface area (Å²) in [6.07, 6.45) is 2.08. The van der Waals surface area contributed by atoms with Crippen LogP contribution >= 0.6 is 0 Å². The fraction of sp³-hybridized carbons (Fsp3) is 0.556. The number of hydrogen-bond donors (Lipinski definition) is 1. The molecule has 0 saturated carbocycles. The molecule has 1 amide bonds. The Morgan fingerprint density at radius 1 is 1.42 bits per heavy atom. The number of carbonyl (C=O) groups is 2. The largest absolute Gasteiger partial charge is 0.481 e. The van der Waals surface area contributed by atoms with Gasteiger partial charge in [-0.2, -0.15) is 5.10 Å². The van der Waals surface area contributed by atoms with Crippen molar-refractivity contribution in [3.05, 3.63) is 23.5 Å². The molecule has 0 radical (unpaired) electrons. The highest BCUT2D eigenvalue weighted by Crippen LogP contribution is 2.32. The maximum absolute atomic E-state index is 13.0. The van der Waals surface area contributed by atoms with E-state index in [9.17, 15) is 14.7 Å². The van der Waals surface area contributed by atoms with E-state index in [4.69, 9.17) is 4.74 Å². The van der Waals surface area contributed by atoms with E-state index in [0.29, 0.717) is 24.2 Å². The van der Waals surface area contributed by atoms with Crippen LogP contribution in [0.25, 0.3) is 11.0 Å². The number of carbonyl (C=O) groups excluding carboxylic acids is 1. The molecule has 0 aromatic carbocycles. The minimum atomic E-state index is -1.04. The van der Waals surface area contributed by atoms with Gasteiger partial charge in [0.15, 0.2) is 5.65 Å². The lowest BCUT2D eigenvalue weighted by Gasteiger charge is -2.24. The number of fused-ring (bicyclic) bond motifs is 1. The molecular weight excluding hydrogens is 336 g/mol. The number of nitrogens with zero attached hydrogens (tertiary/aromatic N) is 4. The quantitative estimate of drug-likeness (QED) is 0.874. The summed E-state index contributed by atoms with van der Waals surface area (Å²) in [4.78, 5) is 30.8. The van der Waals surface area contributed by atoms with E-state index in [1.165, 1.54) is 7.11 Å². The minimum absolute atomic E-state index is 0.0868. The lowest BCUT2D eigenvalue weighted by molar-refractivity contribution is -0.151. The molecule has 8 nitrogen and oxygen atoms in total. The van der Waals surface area contributed by atoms with E-state index in [-0.39, 0.29) is 25.1 Å². The Morgan fingerprint density at radius 3 is 2.77 bits per heavy atom. The molecule has 2 aromatic heterocycles. The third-order valence-corrected chi connectivity index (χ3v) is 4.99. The van der Waals surface area contributed by atoms with Crippen molar-refractivity contribution in [2.24, 2.45) is 5.41 Å². The summed E-state index contributed by atoms with van der Waals surface area (Å²) < 4.78 is 6.91. The van der Waals surface area contributed by atoms with Crippen LogP contribution in [0, 0.1) is 12.3 Å². The molecule has 140 valence electrons. The average molecular weight is 360 g/mol. The fourth-order valence-electron chi connectivity index (χ4n) is 3.51. The molecule has 1 unspecified atom stereocenters. The van der Waals surface area contributed by atoms with Crippen molar-refractivity contribution < 1.29 is 19.4 Å². The number of methoxy groups -OCH3 is 1. The van der Waals surface area contributed by atoms with Gasteiger partial charge in [0.2, 0.25) is 0 Å². The van der Waals surface area contributed by atoms with Gasteiger partial charge in [-0.15, -0.1) is 0 Å². The van der Waals surface area contributed by atoms with Crippen molar-refractivity contribution in [2.75, 3.05) is 26.8 Å². The molecule has 2 aromatic rings. The zero-order valence-electron chi connectivity index (χ0n) is 15.5. The third-order valence-electron chi connectivity index (χ3n) is 4.99. The van der Waals surface area contributed by atoms with E-state index in [1.54, 1.807) is 24.1 Å². The highest BCUT2D eigenvalue weighted by atomic mass is 16.5. The molecule has 0 aliphatic carbocycles. The molecule has 1 aliphatic rings. The number of ether oxygens (including phenoxy) is 1. The molecule has 1 fully saturated rings. The summed E-state index contributed by atoms with van der Waals surface area (Å²) in [6.45, 7) is 6.45. The Morgan fingerprint density at radius 2 is 2.15 bits per heavy atom. The molecule has 1 atom stereocenters. The first kappa shape index (κ1) is 18.3. The number of amides is 1. The summed E-state index contributed by atoms with van der Waals surface area (Å²) in [6, 6.07) is 1.97. The molecule has 0 spiro atoms. The second-order valence-corrected chi connectivity index (χ2v) is 7.21. The van der Waals surface area contributed by atoms with E-state index in [1.807, 2.05) is 18.5 Å². The SMILES string of the molecule is COCC1(C(=O)O)CCN(C(=O)c2cc3cnn(C(C)C)c3nc2C)C1. The van der Waals surface area contributed by atoms with Gasteiger partial charge in [0.25, 0.3) is 5.91 Å². The number of rotatable bonds is 5. The van der Waals surface area contributed by atoms with Crippen LogP contribution in [0.15, 0.2) is 12.3 Å². The zero-order valence-corrected chi connectivity index (χ0v) is 15.5. The summed E-state index contributed by atoms with van der Waals surface area (Å²) in [5, 5.41) is 14.7. The zero-order chi connectivity index (χ0) is 19.1. The van der Waals surface area contributed by atoms with Crippen LogP contribution in [0.1, 0.15) is 42.4 Å². The van der Waals surface area contributed by atoms with Crippen LogP contribution in [-0.2, 0) is 9.53 Å². The maximum atomic E-state index is 13.0. The van der Waals surface area contributed by atoms with E-state index in [2.05, 4.69) is 10.1 Å². The van der Waals surface area contributed by atoms with E-state index < -0.39 is 11.4 Å². The Labute approximate surface area is 151 Å². The fourth-order valence-corrected chi connectivity index (χ4v) is 3.51. The number of carboxylic acid groups (broad SMARTS) is 1. The monoisotopic (exact) mass is 360 g/mol. The smallest absolute Gasteiger partial charge is 0.313 e. The van der Waals surface area contributed by atoms with Crippen LogP contribution in [0.5, 0.6) is 0 Å². The van der Waals surface area contributed by atoms with Gasteiger partial charge in [-0.05, 0) is 33.3 Å². The van der Waals surface area contributed by atoms with Gasteiger partial charge in [-0.3, -0.25) is 9.59 Å². The van der Waals surface area contributed by atoms with Crippen molar-refractivity contribution in [1.82, 2.24) is 19.7 Å². The summed E-state index contributed by atoms with van der Waals surface area (Å²) in [5.41, 5.74) is 0.803. The lowest BCUT2D eigenvalue weighted by atomic mass is 9.88. The molecule has 3 heterocycles. The van der Waals surface area contributed by atoms with Crippen molar-refractivity contribution in [1.29, 1.82) is 0 Å². The number of hydrogen-bond acceptors (Lipinski definition) is 5. The summed E-state index contributed by atoms with van der Waals surface area (Å²) in [5.74, 6) is -1.13. The summed E-state index contributed by atoms with van der Waals surface area (Å²) in [7, 11) is 1.48. The Kier molecular flexibility index (Phi) is 4.70. The topological polar surface area (TPSA) is 97.5 Å². The highest BCUT2D eigenvalue weighted by Gasteiger charge is 2.46. The highest BCUT2D eigenvalue weighted by molar-refractivity contribution is 5.98. The van der Waals surface area contributed by atoms with Crippen LogP contribution in [0.4, 0.5) is 0 Å². The first-order chi connectivity index (χ1) is 12.3. The standard InChI is InChI=1S/C18H24N4O4/c1-11(2)22-15-13(8-19-22)7-14(12(3)20-15)16(23)21-6-5-18(9-21,10-26-4)17(24)25/h7-8,11H,5-6,9-10H2,1-4H3,(H,24,25). The van der Waals surface area contributed by atoms with Crippen LogP contribution in [-0.4, -0.2) is 63.5 Å². The van der Waals surface area contributed by atoms with Crippen molar-refractivity contribution in [3.63, 3.8) is 0 Å². The van der Waals surface area contributed by atoms with Crippen LogP contribution in [0.3, 0.4) is 0 Å². The Bertz CT molecular complexity index is 860. The van der Waals surface area contributed by atoms with E-state index in [0.717, 1.165) is 11.0 Å². The normalized spacial score (nSPS) is 20.3. The first-order valence-corrected chi connectivity index (χ1v) is 8.65. The predicted molar refractivity (Wildman–Crippen MR) is 95.1 cm³/mol. The van der Waals surface area contributed by atoms with Gasteiger partial charge in [-0.1, -0.05) is 0 Å². The lowest BCUT2D eigenvalue weighted by Crippen LogP contribution is -2.40. The summed E-state index contributed by atoms with van der Waals surface area (Å²) >= 11 is 0. The van der Waals surface area contributed by atoms with Gasteiger partial charge >= 0.3 is 5.97 Å². The van der Waals surface area contributed by atoms with Gasteiger partial charge in [0, 0.05) is 31.6 Å². The maximum Gasteiger partial charge on any atom is 0.313 e. The second kappa shape index (κ2) is 6.68.